The minimum atomic E-state index is 0.685. The molecule has 0 N–H and O–H groups in total. The Balaban J connectivity index is 1.74. The average molecular weight is 362 g/mol. The third-order valence-corrected chi connectivity index (χ3v) is 4.75. The van der Waals surface area contributed by atoms with E-state index < -0.39 is 0 Å². The first-order valence-corrected chi connectivity index (χ1v) is 9.24. The van der Waals surface area contributed by atoms with Crippen molar-refractivity contribution in [2.45, 2.75) is 6.92 Å². The van der Waals surface area contributed by atoms with E-state index in [4.69, 9.17) is 10.1 Å². The number of fused-ring (bicyclic) bond motifs is 1. The molecule has 0 spiro atoms. The van der Waals surface area contributed by atoms with Crippen LogP contribution in [0.3, 0.4) is 0 Å². The zero-order valence-electron chi connectivity index (χ0n) is 15.4. The lowest BCUT2D eigenvalue weighted by Crippen LogP contribution is -2.04. The van der Waals surface area contributed by atoms with Gasteiger partial charge in [-0.15, -0.1) is 14.8 Å². The molecule has 0 fully saturated rings. The van der Waals surface area contributed by atoms with Gasteiger partial charge in [-0.25, -0.2) is 4.98 Å². The van der Waals surface area contributed by atoms with Crippen molar-refractivity contribution in [3.8, 4) is 22.6 Å². The highest BCUT2D eigenvalue weighted by atomic mass is 15.5. The number of aromatic nitrogens is 4. The van der Waals surface area contributed by atoms with E-state index in [9.17, 15) is 0 Å². The third kappa shape index (κ3) is 2.95. The normalized spacial score (nSPS) is 12.0. The van der Waals surface area contributed by atoms with Crippen LogP contribution >= 0.6 is 0 Å². The molecule has 0 atom stereocenters. The van der Waals surface area contributed by atoms with E-state index in [0.717, 1.165) is 33.3 Å². The number of aryl methyl sites for hydroxylation is 1. The number of benzene rings is 3. The van der Waals surface area contributed by atoms with Crippen molar-refractivity contribution < 1.29 is 0 Å². The maximum absolute atomic E-state index is 4.81. The van der Waals surface area contributed by atoms with Gasteiger partial charge in [0.1, 0.15) is 5.69 Å². The Morgan fingerprint density at radius 1 is 0.714 bits per heavy atom. The van der Waals surface area contributed by atoms with Crippen LogP contribution in [-0.4, -0.2) is 19.8 Å². The van der Waals surface area contributed by atoms with Crippen LogP contribution in [0.15, 0.2) is 84.9 Å². The summed E-state index contributed by atoms with van der Waals surface area (Å²) >= 11 is 0. The standard InChI is InChI=1S/C24H18N4/c1-17-12-14-20(15-13-17)23-25-24-21(16-18-8-4-2-5-9-18)22(26-28(24)27-23)19-10-6-3-7-11-19/h2-16H,1H3/b21-16-. The summed E-state index contributed by atoms with van der Waals surface area (Å²) in [5.74, 6) is 0.685. The molecule has 0 aliphatic carbocycles. The first-order chi connectivity index (χ1) is 13.8. The van der Waals surface area contributed by atoms with E-state index in [-0.39, 0.29) is 0 Å². The first kappa shape index (κ1) is 16.4. The lowest BCUT2D eigenvalue weighted by molar-refractivity contribution is 0.828. The molecule has 5 aromatic rings. The van der Waals surface area contributed by atoms with Crippen LogP contribution in [0, 0.1) is 6.92 Å². The predicted octanol–water partition coefficient (Wildman–Crippen LogP) is 4.31. The Labute approximate surface area is 162 Å². The second-order valence-corrected chi connectivity index (χ2v) is 6.80. The van der Waals surface area contributed by atoms with Gasteiger partial charge < -0.3 is 0 Å². The fourth-order valence-electron chi connectivity index (χ4n) is 3.28. The van der Waals surface area contributed by atoms with E-state index in [1.54, 1.807) is 4.63 Å². The Kier molecular flexibility index (Phi) is 3.95. The predicted molar refractivity (Wildman–Crippen MR) is 112 cm³/mol. The van der Waals surface area contributed by atoms with Crippen LogP contribution in [-0.2, 0) is 0 Å². The molecule has 0 aliphatic heterocycles. The lowest BCUT2D eigenvalue weighted by atomic mass is 10.1. The minimum absolute atomic E-state index is 0.685. The van der Waals surface area contributed by atoms with Crippen molar-refractivity contribution in [1.82, 2.24) is 19.8 Å². The minimum Gasteiger partial charge on any atom is -0.204 e. The van der Waals surface area contributed by atoms with Gasteiger partial charge in [0.05, 0.1) is 0 Å². The number of hydrogen-bond acceptors (Lipinski definition) is 3. The molecule has 134 valence electrons. The van der Waals surface area contributed by atoms with Crippen LogP contribution in [0.4, 0.5) is 0 Å². The Morgan fingerprint density at radius 3 is 2.11 bits per heavy atom. The van der Waals surface area contributed by atoms with Crippen LogP contribution < -0.4 is 5.22 Å². The van der Waals surface area contributed by atoms with Crippen LogP contribution in [0.25, 0.3) is 34.4 Å². The van der Waals surface area contributed by atoms with Crippen molar-refractivity contribution in [1.29, 1.82) is 0 Å². The highest BCUT2D eigenvalue weighted by molar-refractivity contribution is 5.71. The molecule has 0 unspecified atom stereocenters. The molecular formula is C24H18N4. The molecule has 5 rings (SSSR count). The fourth-order valence-corrected chi connectivity index (χ4v) is 3.28. The van der Waals surface area contributed by atoms with Gasteiger partial charge in [0.2, 0.25) is 0 Å². The number of rotatable bonds is 3. The SMILES string of the molecule is Cc1ccc(-c2nc3/c(=C\c4ccccc4)c(-c4ccccc4)nn3n2)cc1. The Morgan fingerprint density at radius 2 is 1.39 bits per heavy atom. The molecule has 28 heavy (non-hydrogen) atoms. The topological polar surface area (TPSA) is 43.1 Å². The highest BCUT2D eigenvalue weighted by Crippen LogP contribution is 2.19. The van der Waals surface area contributed by atoms with Crippen LogP contribution in [0.5, 0.6) is 0 Å². The first-order valence-electron chi connectivity index (χ1n) is 9.24. The molecule has 0 aliphatic rings. The summed E-state index contributed by atoms with van der Waals surface area (Å²) in [6, 6.07) is 28.6. The van der Waals surface area contributed by atoms with E-state index in [0.29, 0.717) is 5.82 Å². The molecule has 0 radical (unpaired) electrons. The highest BCUT2D eigenvalue weighted by Gasteiger charge is 2.15. The maximum atomic E-state index is 4.81. The zero-order valence-corrected chi connectivity index (χ0v) is 15.4. The molecule has 4 nitrogen and oxygen atoms in total. The molecule has 3 aromatic carbocycles. The van der Waals surface area contributed by atoms with Gasteiger partial charge in [0, 0.05) is 16.3 Å². The van der Waals surface area contributed by atoms with E-state index >= 15 is 0 Å². The van der Waals surface area contributed by atoms with Gasteiger partial charge in [-0.3, -0.25) is 0 Å². The molecule has 4 heteroatoms. The molecule has 0 saturated carbocycles. The van der Waals surface area contributed by atoms with Gasteiger partial charge in [0.15, 0.2) is 11.5 Å². The summed E-state index contributed by atoms with van der Waals surface area (Å²) in [7, 11) is 0. The molecule has 0 saturated heterocycles. The van der Waals surface area contributed by atoms with Crippen molar-refractivity contribution in [3.63, 3.8) is 0 Å². The summed E-state index contributed by atoms with van der Waals surface area (Å²) in [5.41, 5.74) is 6.00. The van der Waals surface area contributed by atoms with Crippen molar-refractivity contribution in [3.05, 3.63) is 101 Å². The van der Waals surface area contributed by atoms with E-state index in [2.05, 4.69) is 54.5 Å². The second kappa shape index (κ2) is 6.74. The van der Waals surface area contributed by atoms with Crippen molar-refractivity contribution >= 4 is 11.7 Å². The van der Waals surface area contributed by atoms with Gasteiger partial charge in [0.25, 0.3) is 0 Å². The summed E-state index contributed by atoms with van der Waals surface area (Å²) in [4.78, 5) is 4.81. The maximum Gasteiger partial charge on any atom is 0.186 e. The van der Waals surface area contributed by atoms with Crippen molar-refractivity contribution in [2.75, 3.05) is 0 Å². The largest absolute Gasteiger partial charge is 0.204 e. The summed E-state index contributed by atoms with van der Waals surface area (Å²) in [6.45, 7) is 2.07. The van der Waals surface area contributed by atoms with Crippen LogP contribution in [0.1, 0.15) is 11.1 Å². The summed E-state index contributed by atoms with van der Waals surface area (Å²) < 4.78 is 1.65. The third-order valence-electron chi connectivity index (χ3n) is 4.75. The smallest absolute Gasteiger partial charge is 0.186 e. The molecule has 0 amide bonds. The van der Waals surface area contributed by atoms with Gasteiger partial charge in [-0.2, -0.15) is 0 Å². The fraction of sp³-hybridized carbons (Fsp3) is 0.0417. The molecular weight excluding hydrogens is 344 g/mol. The lowest BCUT2D eigenvalue weighted by Gasteiger charge is -1.97. The zero-order chi connectivity index (χ0) is 18.9. The number of hydrogen-bond donors (Lipinski definition) is 0. The molecule has 2 aromatic heterocycles. The quantitative estimate of drug-likeness (QED) is 0.480. The summed E-state index contributed by atoms with van der Waals surface area (Å²) in [5, 5.41) is 10.4. The average Bonchev–Trinajstić information content (AvgIpc) is 3.29. The Hall–Kier alpha value is -3.79. The Bertz CT molecular complexity index is 1290. The van der Waals surface area contributed by atoms with E-state index in [1.807, 2.05) is 48.5 Å². The van der Waals surface area contributed by atoms with Gasteiger partial charge >= 0.3 is 0 Å². The molecule has 2 heterocycles. The van der Waals surface area contributed by atoms with Gasteiger partial charge in [-0.05, 0) is 18.6 Å². The van der Waals surface area contributed by atoms with Crippen molar-refractivity contribution in [2.24, 2.45) is 0 Å². The van der Waals surface area contributed by atoms with E-state index in [1.165, 1.54) is 5.56 Å². The summed E-state index contributed by atoms with van der Waals surface area (Å²) in [6.07, 6.45) is 2.12. The van der Waals surface area contributed by atoms with Gasteiger partial charge in [-0.1, -0.05) is 90.5 Å². The molecule has 0 bridgehead atoms. The van der Waals surface area contributed by atoms with Crippen LogP contribution in [0.2, 0.25) is 0 Å². The monoisotopic (exact) mass is 362 g/mol. The second-order valence-electron chi connectivity index (χ2n) is 6.80. The number of nitrogens with zero attached hydrogens (tertiary/aromatic N) is 4.